The van der Waals surface area contributed by atoms with Crippen molar-refractivity contribution in [2.24, 2.45) is 0 Å². The van der Waals surface area contributed by atoms with Gasteiger partial charge in [-0.2, -0.15) is 4.68 Å². The van der Waals surface area contributed by atoms with Gasteiger partial charge in [0.1, 0.15) is 11.5 Å². The number of aromatic nitrogens is 4. The van der Waals surface area contributed by atoms with Crippen LogP contribution >= 0.6 is 0 Å². The SMILES string of the molecule is Fc1ccccc1-n1nnnc1NCC1CCCO1. The molecule has 0 amide bonds. The Morgan fingerprint density at radius 3 is 3.11 bits per heavy atom. The molecule has 1 N–H and O–H groups in total. The second-order valence-corrected chi connectivity index (χ2v) is 4.38. The molecule has 6 nitrogen and oxygen atoms in total. The first-order valence-electron chi connectivity index (χ1n) is 6.23. The molecule has 1 fully saturated rings. The van der Waals surface area contributed by atoms with Crippen molar-refractivity contribution in [1.82, 2.24) is 20.2 Å². The summed E-state index contributed by atoms with van der Waals surface area (Å²) in [5.41, 5.74) is 0.322. The molecule has 0 saturated carbocycles. The maximum Gasteiger partial charge on any atom is 0.247 e. The molecule has 7 heteroatoms. The van der Waals surface area contributed by atoms with E-state index in [0.717, 1.165) is 19.4 Å². The second kappa shape index (κ2) is 5.31. The Hall–Kier alpha value is -2.02. The Morgan fingerprint density at radius 1 is 1.42 bits per heavy atom. The zero-order chi connectivity index (χ0) is 13.1. The number of halogens is 1. The third kappa shape index (κ3) is 2.55. The maximum absolute atomic E-state index is 13.7. The number of benzene rings is 1. The van der Waals surface area contributed by atoms with Gasteiger partial charge >= 0.3 is 0 Å². The van der Waals surface area contributed by atoms with Crippen LogP contribution in [0, 0.1) is 5.82 Å². The molecule has 0 bridgehead atoms. The largest absolute Gasteiger partial charge is 0.376 e. The van der Waals surface area contributed by atoms with Crippen molar-refractivity contribution < 1.29 is 9.13 Å². The van der Waals surface area contributed by atoms with Crippen LogP contribution in [0.4, 0.5) is 10.3 Å². The van der Waals surface area contributed by atoms with Crippen LogP contribution in [0.15, 0.2) is 24.3 Å². The number of hydrogen-bond donors (Lipinski definition) is 1. The zero-order valence-electron chi connectivity index (χ0n) is 10.3. The van der Waals surface area contributed by atoms with E-state index in [1.807, 2.05) is 0 Å². The summed E-state index contributed by atoms with van der Waals surface area (Å²) in [5, 5.41) is 14.3. The van der Waals surface area contributed by atoms with Gasteiger partial charge in [0.25, 0.3) is 0 Å². The van der Waals surface area contributed by atoms with Crippen LogP contribution < -0.4 is 5.32 Å². The Kier molecular flexibility index (Phi) is 3.37. The molecule has 1 aliphatic rings. The maximum atomic E-state index is 13.7. The molecule has 0 aliphatic carbocycles. The summed E-state index contributed by atoms with van der Waals surface area (Å²) in [6, 6.07) is 6.37. The molecule has 100 valence electrons. The lowest BCUT2D eigenvalue weighted by atomic mass is 10.2. The van der Waals surface area contributed by atoms with Gasteiger partial charge in [-0.05, 0) is 35.4 Å². The van der Waals surface area contributed by atoms with Crippen LogP contribution in [-0.4, -0.2) is 39.5 Å². The van der Waals surface area contributed by atoms with E-state index in [0.29, 0.717) is 18.2 Å². The van der Waals surface area contributed by atoms with E-state index in [4.69, 9.17) is 4.74 Å². The van der Waals surface area contributed by atoms with Gasteiger partial charge in [0.05, 0.1) is 6.10 Å². The number of hydrogen-bond acceptors (Lipinski definition) is 5. The van der Waals surface area contributed by atoms with Gasteiger partial charge in [-0.25, -0.2) is 4.39 Å². The summed E-state index contributed by atoms with van der Waals surface area (Å²) >= 11 is 0. The van der Waals surface area contributed by atoms with Gasteiger partial charge in [0.15, 0.2) is 0 Å². The van der Waals surface area contributed by atoms with Gasteiger partial charge in [0, 0.05) is 13.2 Å². The fraction of sp³-hybridized carbons (Fsp3) is 0.417. The number of tetrazole rings is 1. The zero-order valence-corrected chi connectivity index (χ0v) is 10.3. The summed E-state index contributed by atoms with van der Waals surface area (Å²) in [6.45, 7) is 1.42. The number of ether oxygens (including phenoxy) is 1. The first kappa shape index (κ1) is 12.0. The van der Waals surface area contributed by atoms with Crippen molar-refractivity contribution in [3.63, 3.8) is 0 Å². The highest BCUT2D eigenvalue weighted by Gasteiger charge is 2.17. The lowest BCUT2D eigenvalue weighted by molar-refractivity contribution is 0.120. The van der Waals surface area contributed by atoms with Gasteiger partial charge in [-0.3, -0.25) is 0 Å². The Labute approximate surface area is 109 Å². The highest BCUT2D eigenvalue weighted by molar-refractivity contribution is 5.39. The molecule has 1 saturated heterocycles. The summed E-state index contributed by atoms with van der Waals surface area (Å²) < 4.78 is 20.6. The van der Waals surface area contributed by atoms with E-state index in [1.165, 1.54) is 10.7 Å². The lowest BCUT2D eigenvalue weighted by Gasteiger charge is -2.11. The average molecular weight is 263 g/mol. The summed E-state index contributed by atoms with van der Waals surface area (Å²) in [5.74, 6) is 0.0515. The number of para-hydroxylation sites is 1. The first-order valence-corrected chi connectivity index (χ1v) is 6.23. The van der Waals surface area contributed by atoms with Crippen molar-refractivity contribution in [3.05, 3.63) is 30.1 Å². The predicted molar refractivity (Wildman–Crippen MR) is 66.6 cm³/mol. The average Bonchev–Trinajstić information content (AvgIpc) is 3.08. The molecule has 1 atom stereocenters. The Balaban J connectivity index is 1.76. The molecule has 0 spiro atoms. The quantitative estimate of drug-likeness (QED) is 0.903. The third-order valence-corrected chi connectivity index (χ3v) is 3.06. The van der Waals surface area contributed by atoms with E-state index in [2.05, 4.69) is 20.8 Å². The molecule has 0 radical (unpaired) electrons. The highest BCUT2D eigenvalue weighted by atomic mass is 19.1. The van der Waals surface area contributed by atoms with Crippen LogP contribution in [0.2, 0.25) is 0 Å². The molecule has 2 aromatic rings. The summed E-state index contributed by atoms with van der Waals surface area (Å²) in [7, 11) is 0. The standard InChI is InChI=1S/C12H14FN5O/c13-10-5-1-2-6-11(10)18-12(15-16-17-18)14-8-9-4-3-7-19-9/h1-2,5-6,9H,3-4,7-8H2,(H,14,15,17). The molecular formula is C12H14FN5O. The first-order chi connectivity index (χ1) is 9.34. The van der Waals surface area contributed by atoms with Gasteiger partial charge in [-0.15, -0.1) is 0 Å². The third-order valence-electron chi connectivity index (χ3n) is 3.06. The van der Waals surface area contributed by atoms with E-state index < -0.39 is 0 Å². The van der Waals surface area contributed by atoms with Gasteiger partial charge in [-0.1, -0.05) is 17.2 Å². The van der Waals surface area contributed by atoms with Crippen LogP contribution in [0.25, 0.3) is 5.69 Å². The minimum absolute atomic E-state index is 0.172. The van der Waals surface area contributed by atoms with Crippen LogP contribution in [0.1, 0.15) is 12.8 Å². The minimum atomic E-state index is -0.366. The Bertz CT molecular complexity index is 553. The highest BCUT2D eigenvalue weighted by Crippen LogP contribution is 2.16. The smallest absolute Gasteiger partial charge is 0.247 e. The molecule has 1 aliphatic heterocycles. The van der Waals surface area contributed by atoms with Crippen molar-refractivity contribution in [3.8, 4) is 5.69 Å². The summed E-state index contributed by atoms with van der Waals surface area (Å²) in [4.78, 5) is 0. The Morgan fingerprint density at radius 2 is 2.32 bits per heavy atom. The normalized spacial score (nSPS) is 18.7. The van der Waals surface area contributed by atoms with E-state index in [9.17, 15) is 4.39 Å². The monoisotopic (exact) mass is 263 g/mol. The molecule has 3 rings (SSSR count). The van der Waals surface area contributed by atoms with E-state index >= 15 is 0 Å². The number of nitrogens with one attached hydrogen (secondary N) is 1. The van der Waals surface area contributed by atoms with E-state index in [1.54, 1.807) is 18.2 Å². The fourth-order valence-corrected chi connectivity index (χ4v) is 2.09. The second-order valence-electron chi connectivity index (χ2n) is 4.38. The van der Waals surface area contributed by atoms with Crippen LogP contribution in [-0.2, 0) is 4.74 Å². The van der Waals surface area contributed by atoms with E-state index in [-0.39, 0.29) is 11.9 Å². The minimum Gasteiger partial charge on any atom is -0.376 e. The summed E-state index contributed by atoms with van der Waals surface area (Å²) in [6.07, 6.45) is 2.27. The molecule has 2 heterocycles. The predicted octanol–water partition coefficient (Wildman–Crippen LogP) is 1.39. The van der Waals surface area contributed by atoms with Crippen LogP contribution in [0.5, 0.6) is 0 Å². The lowest BCUT2D eigenvalue weighted by Crippen LogP contribution is -2.20. The fourth-order valence-electron chi connectivity index (χ4n) is 2.09. The van der Waals surface area contributed by atoms with Crippen LogP contribution in [0.3, 0.4) is 0 Å². The van der Waals surface area contributed by atoms with Crippen molar-refractivity contribution in [1.29, 1.82) is 0 Å². The van der Waals surface area contributed by atoms with Crippen molar-refractivity contribution in [2.45, 2.75) is 18.9 Å². The topological polar surface area (TPSA) is 64.9 Å². The number of anilines is 1. The molecular weight excluding hydrogens is 249 g/mol. The molecule has 1 unspecified atom stereocenters. The number of rotatable bonds is 4. The van der Waals surface area contributed by atoms with Crippen molar-refractivity contribution >= 4 is 5.95 Å². The van der Waals surface area contributed by atoms with Gasteiger partial charge in [0.2, 0.25) is 5.95 Å². The number of nitrogens with zero attached hydrogens (tertiary/aromatic N) is 4. The van der Waals surface area contributed by atoms with Crippen molar-refractivity contribution in [2.75, 3.05) is 18.5 Å². The molecule has 1 aromatic heterocycles. The van der Waals surface area contributed by atoms with Gasteiger partial charge < -0.3 is 10.1 Å². The molecule has 1 aromatic carbocycles. The molecule has 19 heavy (non-hydrogen) atoms.